The largest absolute Gasteiger partial charge is 0.487 e. The Balaban J connectivity index is 2.12. The fourth-order valence-corrected chi connectivity index (χ4v) is 2.88. The van der Waals surface area contributed by atoms with Crippen LogP contribution in [0.2, 0.25) is 0 Å². The molecule has 0 saturated heterocycles. The first-order valence-corrected chi connectivity index (χ1v) is 7.09. The van der Waals surface area contributed by atoms with Gasteiger partial charge in [0.1, 0.15) is 11.4 Å². The molecule has 1 aliphatic rings. The van der Waals surface area contributed by atoms with Crippen LogP contribution in [0.25, 0.3) is 11.1 Å². The molecular weight excluding hydrogens is 256 g/mol. The van der Waals surface area contributed by atoms with Gasteiger partial charge in [0.15, 0.2) is 0 Å². The molecule has 1 heterocycles. The lowest BCUT2D eigenvalue weighted by Gasteiger charge is -2.17. The van der Waals surface area contributed by atoms with Crippen LogP contribution in [0.1, 0.15) is 25.0 Å². The van der Waals surface area contributed by atoms with Crippen molar-refractivity contribution in [3.05, 3.63) is 53.6 Å². The van der Waals surface area contributed by atoms with E-state index in [1.807, 2.05) is 6.07 Å². The smallest absolute Gasteiger partial charge is 0.127 e. The van der Waals surface area contributed by atoms with Crippen molar-refractivity contribution in [2.75, 3.05) is 0 Å². The van der Waals surface area contributed by atoms with E-state index in [-0.39, 0.29) is 5.60 Å². The number of rotatable bonds is 2. The molecule has 2 aromatic carbocycles. The van der Waals surface area contributed by atoms with Crippen molar-refractivity contribution in [3.8, 4) is 16.9 Å². The third-order valence-electron chi connectivity index (χ3n) is 3.49. The van der Waals surface area contributed by atoms with Crippen LogP contribution < -0.4 is 4.74 Å². The van der Waals surface area contributed by atoms with Crippen LogP contribution in [0.15, 0.2) is 42.5 Å². The predicted molar refractivity (Wildman–Crippen MR) is 79.8 cm³/mol. The Morgan fingerprint density at radius 2 is 1.84 bits per heavy atom. The topological polar surface area (TPSA) is 9.23 Å². The van der Waals surface area contributed by atoms with Gasteiger partial charge in [-0.15, -0.1) is 11.6 Å². The molecular formula is C17H17ClO. The molecule has 3 rings (SSSR count). The zero-order valence-corrected chi connectivity index (χ0v) is 12.0. The number of benzene rings is 2. The summed E-state index contributed by atoms with van der Waals surface area (Å²) < 4.78 is 6.02. The number of fused-ring (bicyclic) bond motifs is 1. The van der Waals surface area contributed by atoms with Gasteiger partial charge in [0.05, 0.1) is 5.88 Å². The Morgan fingerprint density at radius 3 is 2.53 bits per heavy atom. The van der Waals surface area contributed by atoms with Crippen LogP contribution >= 0.6 is 11.6 Å². The predicted octanol–water partition coefficient (Wildman–Crippen LogP) is 4.81. The summed E-state index contributed by atoms with van der Waals surface area (Å²) in [6, 6.07) is 14.8. The van der Waals surface area contributed by atoms with Crippen molar-refractivity contribution < 1.29 is 4.74 Å². The molecule has 0 amide bonds. The maximum atomic E-state index is 6.08. The van der Waals surface area contributed by atoms with Crippen LogP contribution in [0.5, 0.6) is 5.75 Å². The van der Waals surface area contributed by atoms with Crippen LogP contribution in [-0.4, -0.2) is 5.60 Å². The van der Waals surface area contributed by atoms with Crippen molar-refractivity contribution >= 4 is 11.6 Å². The van der Waals surface area contributed by atoms with Gasteiger partial charge in [0.2, 0.25) is 0 Å². The van der Waals surface area contributed by atoms with Crippen LogP contribution in [-0.2, 0) is 12.3 Å². The molecule has 19 heavy (non-hydrogen) atoms. The van der Waals surface area contributed by atoms with Crippen LogP contribution in [0.3, 0.4) is 0 Å². The Hall–Kier alpha value is -1.47. The van der Waals surface area contributed by atoms with E-state index in [4.69, 9.17) is 16.3 Å². The van der Waals surface area contributed by atoms with E-state index < -0.39 is 0 Å². The molecule has 1 nitrogen and oxygen atoms in total. The number of hydrogen-bond acceptors (Lipinski definition) is 1. The fraction of sp³-hybridized carbons (Fsp3) is 0.294. The van der Waals surface area contributed by atoms with Gasteiger partial charge in [-0.2, -0.15) is 0 Å². The average Bonchev–Trinajstić information content (AvgIpc) is 2.72. The minimum Gasteiger partial charge on any atom is -0.487 e. The molecule has 98 valence electrons. The summed E-state index contributed by atoms with van der Waals surface area (Å²) in [4.78, 5) is 0. The van der Waals surface area contributed by atoms with Crippen molar-refractivity contribution in [1.29, 1.82) is 0 Å². The Kier molecular flexibility index (Phi) is 3.02. The summed E-state index contributed by atoms with van der Waals surface area (Å²) in [5, 5.41) is 0. The second-order valence-electron chi connectivity index (χ2n) is 5.66. The van der Waals surface area contributed by atoms with Crippen LogP contribution in [0, 0.1) is 0 Å². The molecule has 0 unspecified atom stereocenters. The van der Waals surface area contributed by atoms with Crippen molar-refractivity contribution in [3.63, 3.8) is 0 Å². The summed E-state index contributed by atoms with van der Waals surface area (Å²) >= 11 is 6.08. The van der Waals surface area contributed by atoms with Gasteiger partial charge in [-0.05, 0) is 42.7 Å². The number of hydrogen-bond donors (Lipinski definition) is 0. The molecule has 0 aromatic heterocycles. The van der Waals surface area contributed by atoms with Gasteiger partial charge < -0.3 is 4.74 Å². The summed E-state index contributed by atoms with van der Waals surface area (Å²) in [6.45, 7) is 4.24. The standard InChI is InChI=1S/C17H17ClO/c1-17(2)10-14-8-13(12-6-4-3-5-7-12)9-15(11-18)16(14)19-17/h3-9H,10-11H2,1-2H3. The maximum Gasteiger partial charge on any atom is 0.127 e. The van der Waals surface area contributed by atoms with Gasteiger partial charge in [-0.1, -0.05) is 30.3 Å². The number of ether oxygens (including phenoxy) is 1. The molecule has 0 bridgehead atoms. The van der Waals surface area contributed by atoms with Crippen molar-refractivity contribution in [2.24, 2.45) is 0 Å². The lowest BCUT2D eigenvalue weighted by Crippen LogP contribution is -2.24. The maximum absolute atomic E-state index is 6.08. The van der Waals surface area contributed by atoms with E-state index in [1.165, 1.54) is 16.7 Å². The van der Waals surface area contributed by atoms with E-state index in [1.54, 1.807) is 0 Å². The van der Waals surface area contributed by atoms with E-state index >= 15 is 0 Å². The second-order valence-corrected chi connectivity index (χ2v) is 5.93. The molecule has 2 aromatic rings. The quantitative estimate of drug-likeness (QED) is 0.713. The first-order chi connectivity index (χ1) is 9.09. The Morgan fingerprint density at radius 1 is 1.11 bits per heavy atom. The zero-order valence-electron chi connectivity index (χ0n) is 11.2. The van der Waals surface area contributed by atoms with Crippen molar-refractivity contribution in [1.82, 2.24) is 0 Å². The van der Waals surface area contributed by atoms with Gasteiger partial charge in [-0.25, -0.2) is 0 Å². The lowest BCUT2D eigenvalue weighted by molar-refractivity contribution is 0.137. The summed E-state index contributed by atoms with van der Waals surface area (Å²) in [5.74, 6) is 1.47. The first-order valence-electron chi connectivity index (χ1n) is 6.55. The van der Waals surface area contributed by atoms with Crippen molar-refractivity contribution in [2.45, 2.75) is 31.7 Å². The molecule has 0 N–H and O–H groups in total. The van der Waals surface area contributed by atoms with E-state index in [9.17, 15) is 0 Å². The normalized spacial score (nSPS) is 15.9. The molecule has 0 fully saturated rings. The highest BCUT2D eigenvalue weighted by molar-refractivity contribution is 6.17. The zero-order chi connectivity index (χ0) is 13.5. The molecule has 1 aliphatic heterocycles. The van der Waals surface area contributed by atoms with Crippen LogP contribution in [0.4, 0.5) is 0 Å². The monoisotopic (exact) mass is 272 g/mol. The molecule has 0 aliphatic carbocycles. The van der Waals surface area contributed by atoms with E-state index in [2.05, 4.69) is 50.2 Å². The molecule has 2 heteroatoms. The Bertz CT molecular complexity index is 602. The minimum absolute atomic E-state index is 0.127. The van der Waals surface area contributed by atoms with E-state index in [0.29, 0.717) is 5.88 Å². The van der Waals surface area contributed by atoms with Gasteiger partial charge >= 0.3 is 0 Å². The highest BCUT2D eigenvalue weighted by atomic mass is 35.5. The summed E-state index contributed by atoms with van der Waals surface area (Å²) in [6.07, 6.45) is 0.937. The SMILES string of the molecule is CC1(C)Cc2cc(-c3ccccc3)cc(CCl)c2O1. The summed E-state index contributed by atoms with van der Waals surface area (Å²) in [5.41, 5.74) is 4.67. The fourth-order valence-electron chi connectivity index (χ4n) is 2.68. The Labute approximate surface area is 119 Å². The first kappa shape index (κ1) is 12.6. The highest BCUT2D eigenvalue weighted by Crippen LogP contribution is 2.41. The van der Waals surface area contributed by atoms with Gasteiger partial charge in [-0.3, -0.25) is 0 Å². The molecule has 0 atom stereocenters. The number of halogens is 1. The highest BCUT2D eigenvalue weighted by Gasteiger charge is 2.32. The van der Waals surface area contributed by atoms with E-state index in [0.717, 1.165) is 17.7 Å². The third-order valence-corrected chi connectivity index (χ3v) is 3.78. The third kappa shape index (κ3) is 2.35. The average molecular weight is 273 g/mol. The van der Waals surface area contributed by atoms with Gasteiger partial charge in [0, 0.05) is 12.0 Å². The molecule has 0 spiro atoms. The van der Waals surface area contributed by atoms with Gasteiger partial charge in [0.25, 0.3) is 0 Å². The molecule has 0 saturated carbocycles. The second kappa shape index (κ2) is 4.57. The lowest BCUT2D eigenvalue weighted by atomic mass is 9.96. The molecule has 0 radical (unpaired) electrons. The number of alkyl halides is 1. The summed E-state index contributed by atoms with van der Waals surface area (Å²) in [7, 11) is 0. The minimum atomic E-state index is -0.127.